The minimum absolute atomic E-state index is 0.0277. The fourth-order valence-electron chi connectivity index (χ4n) is 6.34. The van der Waals surface area contributed by atoms with Gasteiger partial charge in [-0.1, -0.05) is 60.7 Å². The van der Waals surface area contributed by atoms with Crippen LogP contribution in [0.15, 0.2) is 25.3 Å². The highest BCUT2D eigenvalue weighted by molar-refractivity contribution is 9.09. The van der Waals surface area contributed by atoms with Crippen LogP contribution in [-0.2, 0) is 19.1 Å². The number of likely N-dealkylation sites (tertiary alicyclic amines) is 1. The number of hydrogen-bond donors (Lipinski definition) is 1. The second-order valence-electron chi connectivity index (χ2n) is 10.7. The van der Waals surface area contributed by atoms with E-state index in [9.17, 15) is 14.4 Å². The van der Waals surface area contributed by atoms with E-state index in [4.69, 9.17) is 9.84 Å². The molecule has 3 aliphatic heterocycles. The third kappa shape index (κ3) is 6.52. The molecule has 0 aromatic rings. The van der Waals surface area contributed by atoms with Gasteiger partial charge in [0.2, 0.25) is 11.8 Å². The lowest BCUT2D eigenvalue weighted by Crippen LogP contribution is -2.55. The van der Waals surface area contributed by atoms with Crippen molar-refractivity contribution in [3.63, 3.8) is 0 Å². The standard InChI is InChI=1S/C29H45BrN2O5S/c1-4-7-11-16-31(15-6-3)27(35)25-29-20-21(30)24(38-29)22(28(36)37-19-14-8-5-2)23(29)26(34)32(25)17-12-9-10-13-18-33/h5-6,21-25,33H,2-4,7-20H2,1H3/t21?,22-,23-,24-,25?,29?/m0/s1. The third-order valence-corrected chi connectivity index (χ3v) is 11.3. The van der Waals surface area contributed by atoms with E-state index >= 15 is 0 Å². The maximum absolute atomic E-state index is 14.3. The summed E-state index contributed by atoms with van der Waals surface area (Å²) in [5.41, 5.74) is 0. The van der Waals surface area contributed by atoms with Crippen LogP contribution in [0, 0.1) is 11.8 Å². The summed E-state index contributed by atoms with van der Waals surface area (Å²) in [4.78, 5) is 45.4. The first-order valence-electron chi connectivity index (χ1n) is 14.3. The molecule has 3 rings (SSSR count). The number of aliphatic hydroxyl groups is 1. The second-order valence-corrected chi connectivity index (χ2v) is 13.4. The number of alkyl halides is 1. The van der Waals surface area contributed by atoms with Crippen molar-refractivity contribution >= 4 is 45.5 Å². The number of carbonyl (C=O) groups is 3. The van der Waals surface area contributed by atoms with Gasteiger partial charge in [-0.15, -0.1) is 24.9 Å². The van der Waals surface area contributed by atoms with Gasteiger partial charge < -0.3 is 19.6 Å². The molecule has 3 unspecified atom stereocenters. The summed E-state index contributed by atoms with van der Waals surface area (Å²) >= 11 is 5.47. The molecule has 0 aliphatic carbocycles. The Bertz CT molecular complexity index is 857. The van der Waals surface area contributed by atoms with Gasteiger partial charge in [-0.25, -0.2) is 0 Å². The smallest absolute Gasteiger partial charge is 0.310 e. The van der Waals surface area contributed by atoms with E-state index in [-0.39, 0.29) is 34.5 Å². The summed E-state index contributed by atoms with van der Waals surface area (Å²) in [6, 6.07) is -0.604. The van der Waals surface area contributed by atoms with Gasteiger partial charge in [0.05, 0.1) is 23.2 Å². The van der Waals surface area contributed by atoms with Crippen LogP contribution in [0.5, 0.6) is 0 Å². The van der Waals surface area contributed by atoms with Gasteiger partial charge in [0.1, 0.15) is 6.04 Å². The first-order valence-corrected chi connectivity index (χ1v) is 16.1. The first kappa shape index (κ1) is 31.2. The molecule has 3 heterocycles. The van der Waals surface area contributed by atoms with Crippen molar-refractivity contribution < 1.29 is 24.2 Å². The van der Waals surface area contributed by atoms with E-state index in [1.165, 1.54) is 0 Å². The highest BCUT2D eigenvalue weighted by Gasteiger charge is 2.76. The molecule has 3 aliphatic rings. The second kappa shape index (κ2) is 14.9. The van der Waals surface area contributed by atoms with Crippen molar-refractivity contribution in [3.05, 3.63) is 25.3 Å². The van der Waals surface area contributed by atoms with Crippen molar-refractivity contribution in [2.45, 2.75) is 92.0 Å². The summed E-state index contributed by atoms with van der Waals surface area (Å²) < 4.78 is 5.02. The number of amides is 2. The molecule has 2 bridgehead atoms. The van der Waals surface area contributed by atoms with E-state index in [0.717, 1.165) is 51.4 Å². The molecule has 6 atom stereocenters. The topological polar surface area (TPSA) is 87.1 Å². The average Bonchev–Trinajstić information content (AvgIpc) is 3.49. The molecule has 9 heteroatoms. The summed E-state index contributed by atoms with van der Waals surface area (Å²) in [5, 5.41) is 9.04. The largest absolute Gasteiger partial charge is 0.465 e. The number of allylic oxidation sites excluding steroid dienone is 1. The number of unbranched alkanes of at least 4 members (excludes halogenated alkanes) is 6. The Kier molecular flexibility index (Phi) is 12.2. The van der Waals surface area contributed by atoms with Crippen molar-refractivity contribution in [2.24, 2.45) is 11.8 Å². The fraction of sp³-hybridized carbons (Fsp3) is 0.759. The molecule has 0 radical (unpaired) electrons. The Labute approximate surface area is 240 Å². The van der Waals surface area contributed by atoms with E-state index in [1.54, 1.807) is 28.8 Å². The van der Waals surface area contributed by atoms with Crippen molar-refractivity contribution in [1.82, 2.24) is 9.80 Å². The van der Waals surface area contributed by atoms with Crippen LogP contribution in [0.25, 0.3) is 0 Å². The normalized spacial score (nSPS) is 29.4. The number of fused-ring (bicyclic) bond motifs is 1. The maximum Gasteiger partial charge on any atom is 0.310 e. The molecule has 2 amide bonds. The monoisotopic (exact) mass is 612 g/mol. The molecule has 1 N–H and O–H groups in total. The van der Waals surface area contributed by atoms with Gasteiger partial charge in [-0.05, 0) is 38.5 Å². The van der Waals surface area contributed by atoms with Crippen LogP contribution >= 0.6 is 27.7 Å². The highest BCUT2D eigenvalue weighted by atomic mass is 79.9. The molecule has 0 aromatic carbocycles. The molecular weight excluding hydrogens is 568 g/mol. The Morgan fingerprint density at radius 1 is 1.18 bits per heavy atom. The summed E-state index contributed by atoms with van der Waals surface area (Å²) in [5.74, 6) is -1.54. The number of ether oxygens (including phenoxy) is 1. The summed E-state index contributed by atoms with van der Waals surface area (Å²) in [7, 11) is 0. The molecule has 38 heavy (non-hydrogen) atoms. The number of thioether (sulfide) groups is 1. The van der Waals surface area contributed by atoms with Crippen molar-refractivity contribution in [1.29, 1.82) is 0 Å². The lowest BCUT2D eigenvalue weighted by molar-refractivity contribution is -0.154. The summed E-state index contributed by atoms with van der Waals surface area (Å²) in [6.45, 7) is 11.8. The van der Waals surface area contributed by atoms with Crippen molar-refractivity contribution in [2.75, 3.05) is 32.8 Å². The third-order valence-electron chi connectivity index (χ3n) is 8.09. The molecule has 3 fully saturated rings. The van der Waals surface area contributed by atoms with Gasteiger partial charge in [0.25, 0.3) is 0 Å². The van der Waals surface area contributed by atoms with Gasteiger partial charge in [0.15, 0.2) is 0 Å². The Morgan fingerprint density at radius 2 is 1.95 bits per heavy atom. The average molecular weight is 614 g/mol. The van der Waals surface area contributed by atoms with Gasteiger partial charge in [0, 0.05) is 36.3 Å². The van der Waals surface area contributed by atoms with Crippen molar-refractivity contribution in [3.8, 4) is 0 Å². The predicted molar refractivity (Wildman–Crippen MR) is 156 cm³/mol. The zero-order chi connectivity index (χ0) is 27.7. The van der Waals surface area contributed by atoms with E-state index in [0.29, 0.717) is 39.1 Å². The Hall–Kier alpha value is -1.32. The van der Waals surface area contributed by atoms with Gasteiger partial charge in [-0.2, -0.15) is 0 Å². The van der Waals surface area contributed by atoms with E-state index in [1.807, 2.05) is 4.90 Å². The van der Waals surface area contributed by atoms with Crippen LogP contribution < -0.4 is 0 Å². The van der Waals surface area contributed by atoms with Crippen LogP contribution in [-0.4, -0.2) is 86.4 Å². The van der Waals surface area contributed by atoms with Crippen LogP contribution in [0.3, 0.4) is 0 Å². The van der Waals surface area contributed by atoms with Gasteiger partial charge in [-0.3, -0.25) is 14.4 Å². The Balaban J connectivity index is 1.90. The molecule has 1 spiro atoms. The number of rotatable bonds is 18. The quantitative estimate of drug-likeness (QED) is 0.104. The molecule has 3 saturated heterocycles. The number of halogens is 1. The van der Waals surface area contributed by atoms with E-state index < -0.39 is 22.6 Å². The zero-order valence-corrected chi connectivity index (χ0v) is 25.2. The molecule has 7 nitrogen and oxygen atoms in total. The van der Waals surface area contributed by atoms with E-state index in [2.05, 4.69) is 36.0 Å². The van der Waals surface area contributed by atoms with Crippen LogP contribution in [0.4, 0.5) is 0 Å². The van der Waals surface area contributed by atoms with Crippen LogP contribution in [0.1, 0.15) is 71.1 Å². The highest BCUT2D eigenvalue weighted by Crippen LogP contribution is 2.68. The number of hydrogen-bond acceptors (Lipinski definition) is 6. The molecule has 214 valence electrons. The Morgan fingerprint density at radius 3 is 2.63 bits per heavy atom. The number of carbonyl (C=O) groups excluding carboxylic acids is 3. The molecule has 0 aromatic heterocycles. The number of aliphatic hydroxyl groups excluding tert-OH is 1. The van der Waals surface area contributed by atoms with Gasteiger partial charge >= 0.3 is 5.97 Å². The molecule has 0 saturated carbocycles. The fourth-order valence-corrected chi connectivity index (χ4v) is 9.93. The predicted octanol–water partition coefficient (Wildman–Crippen LogP) is 4.72. The first-order chi connectivity index (χ1) is 18.4. The summed E-state index contributed by atoms with van der Waals surface area (Å²) in [6.07, 6.45) is 12.0. The SMILES string of the molecule is C=CCCCOC(=O)[C@H]1[C@H]2C(=O)N(CCCCCCO)C(C(=O)N(CC=C)CCCCC)C23CC(Br)[C@@H]1S3. The maximum atomic E-state index is 14.3. The molecular formula is C29H45BrN2O5S. The number of esters is 1. The minimum atomic E-state index is -0.646. The lowest BCUT2D eigenvalue weighted by atomic mass is 9.71. The van der Waals surface area contributed by atoms with Crippen LogP contribution in [0.2, 0.25) is 0 Å². The zero-order valence-electron chi connectivity index (χ0n) is 22.8. The minimum Gasteiger partial charge on any atom is -0.465 e. The number of nitrogens with zero attached hydrogens (tertiary/aromatic N) is 2. The lowest BCUT2D eigenvalue weighted by Gasteiger charge is -2.38.